The summed E-state index contributed by atoms with van der Waals surface area (Å²) in [6, 6.07) is 7.79. The standard InChI is InChI=1S/C12H11BrN2O2S/c13-8-1-3-9(4-2-8)14-12-15-10(7-18-12)5-6-11(16)17/h1-4,7H,5-6H2,(H,14,15)(H,16,17). The molecule has 0 aliphatic heterocycles. The molecule has 0 atom stereocenters. The minimum absolute atomic E-state index is 0.113. The Labute approximate surface area is 117 Å². The van der Waals surface area contributed by atoms with Gasteiger partial charge < -0.3 is 10.4 Å². The summed E-state index contributed by atoms with van der Waals surface area (Å²) in [5, 5.41) is 14.4. The fraction of sp³-hybridized carbons (Fsp3) is 0.167. The van der Waals surface area contributed by atoms with E-state index in [1.165, 1.54) is 11.3 Å². The van der Waals surface area contributed by atoms with E-state index in [2.05, 4.69) is 26.2 Å². The van der Waals surface area contributed by atoms with Gasteiger partial charge in [-0.1, -0.05) is 15.9 Å². The molecule has 2 rings (SSSR count). The van der Waals surface area contributed by atoms with Crippen molar-refractivity contribution in [3.05, 3.63) is 39.8 Å². The molecule has 0 bridgehead atoms. The van der Waals surface area contributed by atoms with Crippen molar-refractivity contribution >= 4 is 44.1 Å². The lowest BCUT2D eigenvalue weighted by Gasteiger charge is -2.01. The zero-order valence-electron chi connectivity index (χ0n) is 9.39. The molecule has 94 valence electrons. The second-order valence-corrected chi connectivity index (χ2v) is 5.44. The molecule has 2 aromatic rings. The molecule has 0 fully saturated rings. The van der Waals surface area contributed by atoms with Crippen LogP contribution in [0.3, 0.4) is 0 Å². The van der Waals surface area contributed by atoms with Gasteiger partial charge >= 0.3 is 5.97 Å². The highest BCUT2D eigenvalue weighted by molar-refractivity contribution is 9.10. The molecule has 1 aromatic heterocycles. The van der Waals surface area contributed by atoms with E-state index >= 15 is 0 Å². The molecule has 0 saturated heterocycles. The number of halogens is 1. The number of aliphatic carboxylic acids is 1. The van der Waals surface area contributed by atoms with Gasteiger partial charge in [-0.15, -0.1) is 11.3 Å². The van der Waals surface area contributed by atoms with E-state index < -0.39 is 5.97 Å². The van der Waals surface area contributed by atoms with Crippen LogP contribution in [0.1, 0.15) is 12.1 Å². The number of anilines is 2. The predicted molar refractivity (Wildman–Crippen MR) is 75.5 cm³/mol. The van der Waals surface area contributed by atoms with E-state index in [-0.39, 0.29) is 6.42 Å². The molecule has 1 aromatic carbocycles. The molecule has 6 heteroatoms. The van der Waals surface area contributed by atoms with Gasteiger partial charge in [0, 0.05) is 22.0 Å². The van der Waals surface area contributed by atoms with Gasteiger partial charge in [0.1, 0.15) is 0 Å². The van der Waals surface area contributed by atoms with E-state index in [1.807, 2.05) is 29.6 Å². The molecule has 0 amide bonds. The number of hydrogen-bond donors (Lipinski definition) is 2. The van der Waals surface area contributed by atoms with Crippen molar-refractivity contribution in [1.29, 1.82) is 0 Å². The van der Waals surface area contributed by atoms with E-state index in [9.17, 15) is 4.79 Å². The first-order chi connectivity index (χ1) is 8.63. The van der Waals surface area contributed by atoms with Crippen LogP contribution in [0.2, 0.25) is 0 Å². The number of nitrogens with zero attached hydrogens (tertiary/aromatic N) is 1. The number of carboxylic acids is 1. The maximum atomic E-state index is 10.5. The van der Waals surface area contributed by atoms with Crippen molar-refractivity contribution in [3.63, 3.8) is 0 Å². The lowest BCUT2D eigenvalue weighted by molar-refractivity contribution is -0.136. The number of carbonyl (C=O) groups is 1. The van der Waals surface area contributed by atoms with Crippen molar-refractivity contribution in [2.75, 3.05) is 5.32 Å². The quantitative estimate of drug-likeness (QED) is 0.880. The molecule has 0 aliphatic carbocycles. The Morgan fingerprint density at radius 3 is 2.78 bits per heavy atom. The number of nitrogens with one attached hydrogen (secondary N) is 1. The lowest BCUT2D eigenvalue weighted by atomic mass is 10.2. The summed E-state index contributed by atoms with van der Waals surface area (Å²) >= 11 is 4.85. The first kappa shape index (κ1) is 13.0. The van der Waals surface area contributed by atoms with Crippen LogP contribution < -0.4 is 5.32 Å². The molecule has 0 unspecified atom stereocenters. The molecular weight excluding hydrogens is 316 g/mol. The highest BCUT2D eigenvalue weighted by Gasteiger charge is 2.04. The first-order valence-electron chi connectivity index (χ1n) is 5.32. The third-order valence-electron chi connectivity index (χ3n) is 2.24. The van der Waals surface area contributed by atoms with Crippen molar-refractivity contribution < 1.29 is 9.90 Å². The smallest absolute Gasteiger partial charge is 0.303 e. The molecule has 0 spiro atoms. The summed E-state index contributed by atoms with van der Waals surface area (Å²) in [6.07, 6.45) is 0.579. The highest BCUT2D eigenvalue weighted by Crippen LogP contribution is 2.22. The maximum Gasteiger partial charge on any atom is 0.303 e. The van der Waals surface area contributed by atoms with Gasteiger partial charge in [0.15, 0.2) is 5.13 Å². The highest BCUT2D eigenvalue weighted by atomic mass is 79.9. The number of benzene rings is 1. The Kier molecular flexibility index (Phi) is 4.33. The lowest BCUT2D eigenvalue weighted by Crippen LogP contribution is -1.97. The zero-order chi connectivity index (χ0) is 13.0. The molecule has 4 nitrogen and oxygen atoms in total. The summed E-state index contributed by atoms with van der Waals surface area (Å²) < 4.78 is 1.02. The van der Waals surface area contributed by atoms with Crippen LogP contribution in [0, 0.1) is 0 Å². The van der Waals surface area contributed by atoms with Gasteiger partial charge in [-0.3, -0.25) is 4.79 Å². The molecule has 1 heterocycles. The Morgan fingerprint density at radius 2 is 2.11 bits per heavy atom. The number of aromatic nitrogens is 1. The molecule has 0 radical (unpaired) electrons. The number of carboxylic acid groups (broad SMARTS) is 1. The topological polar surface area (TPSA) is 62.2 Å². The number of thiazole rings is 1. The van der Waals surface area contributed by atoms with Gasteiger partial charge in [-0.25, -0.2) is 4.98 Å². The zero-order valence-corrected chi connectivity index (χ0v) is 11.8. The van der Waals surface area contributed by atoms with Gasteiger partial charge in [-0.2, -0.15) is 0 Å². The normalized spacial score (nSPS) is 10.3. The molecule has 0 aliphatic rings. The largest absolute Gasteiger partial charge is 0.481 e. The average Bonchev–Trinajstić information content (AvgIpc) is 2.77. The predicted octanol–water partition coefficient (Wildman–Crippen LogP) is 3.67. The Hall–Kier alpha value is -1.40. The van der Waals surface area contributed by atoms with Crippen molar-refractivity contribution in [1.82, 2.24) is 4.98 Å². The monoisotopic (exact) mass is 326 g/mol. The van der Waals surface area contributed by atoms with Crippen LogP contribution in [0.15, 0.2) is 34.1 Å². The average molecular weight is 327 g/mol. The van der Waals surface area contributed by atoms with Crippen LogP contribution in [-0.4, -0.2) is 16.1 Å². The van der Waals surface area contributed by atoms with Gasteiger partial charge in [-0.05, 0) is 24.3 Å². The Bertz CT molecular complexity index is 539. The minimum atomic E-state index is -0.801. The number of aryl methyl sites for hydroxylation is 1. The van der Waals surface area contributed by atoms with Crippen LogP contribution >= 0.6 is 27.3 Å². The summed E-state index contributed by atoms with van der Waals surface area (Å²) in [5.41, 5.74) is 1.76. The second-order valence-electron chi connectivity index (χ2n) is 3.67. The number of hydrogen-bond acceptors (Lipinski definition) is 4. The van der Waals surface area contributed by atoms with Gasteiger partial charge in [0.05, 0.1) is 12.1 Å². The SMILES string of the molecule is O=C(O)CCc1csc(Nc2ccc(Br)cc2)n1. The fourth-order valence-corrected chi connectivity index (χ4v) is 2.40. The van der Waals surface area contributed by atoms with Crippen LogP contribution in [0.5, 0.6) is 0 Å². The number of rotatable bonds is 5. The van der Waals surface area contributed by atoms with Crippen LogP contribution in [0.4, 0.5) is 10.8 Å². The summed E-state index contributed by atoms with van der Waals surface area (Å²) in [4.78, 5) is 14.8. The van der Waals surface area contributed by atoms with Crippen molar-refractivity contribution in [3.8, 4) is 0 Å². The van der Waals surface area contributed by atoms with E-state index in [4.69, 9.17) is 5.11 Å². The van der Waals surface area contributed by atoms with Crippen LogP contribution in [0.25, 0.3) is 0 Å². The Morgan fingerprint density at radius 1 is 1.39 bits per heavy atom. The van der Waals surface area contributed by atoms with Gasteiger partial charge in [0.2, 0.25) is 0 Å². The van der Waals surface area contributed by atoms with E-state index in [0.29, 0.717) is 6.42 Å². The van der Waals surface area contributed by atoms with Crippen molar-refractivity contribution in [2.45, 2.75) is 12.8 Å². The third kappa shape index (κ3) is 3.82. The minimum Gasteiger partial charge on any atom is -0.481 e. The summed E-state index contributed by atoms with van der Waals surface area (Å²) in [5.74, 6) is -0.801. The maximum absolute atomic E-state index is 10.5. The molecular formula is C12H11BrN2O2S. The molecule has 2 N–H and O–H groups in total. The second kappa shape index (κ2) is 5.97. The summed E-state index contributed by atoms with van der Waals surface area (Å²) in [7, 11) is 0. The van der Waals surface area contributed by atoms with Gasteiger partial charge in [0.25, 0.3) is 0 Å². The third-order valence-corrected chi connectivity index (χ3v) is 3.58. The molecule has 18 heavy (non-hydrogen) atoms. The van der Waals surface area contributed by atoms with Crippen LogP contribution in [-0.2, 0) is 11.2 Å². The Balaban J connectivity index is 1.97. The van der Waals surface area contributed by atoms with E-state index in [1.54, 1.807) is 0 Å². The van der Waals surface area contributed by atoms with Crippen molar-refractivity contribution in [2.24, 2.45) is 0 Å². The fourth-order valence-electron chi connectivity index (χ4n) is 1.37. The molecule has 0 saturated carbocycles. The summed E-state index contributed by atoms with van der Waals surface area (Å²) in [6.45, 7) is 0. The first-order valence-corrected chi connectivity index (χ1v) is 6.99. The van der Waals surface area contributed by atoms with E-state index in [0.717, 1.165) is 21.0 Å².